The number of nitrogens with zero attached hydrogens (tertiary/aromatic N) is 1. The van der Waals surface area contributed by atoms with Crippen LogP contribution in [0.5, 0.6) is 11.5 Å². The van der Waals surface area contributed by atoms with E-state index >= 15 is 0 Å². The van der Waals surface area contributed by atoms with E-state index in [4.69, 9.17) is 9.47 Å². The minimum atomic E-state index is -0.617. The van der Waals surface area contributed by atoms with Crippen molar-refractivity contribution in [1.29, 1.82) is 0 Å². The first-order valence-corrected chi connectivity index (χ1v) is 7.65. The van der Waals surface area contributed by atoms with Gasteiger partial charge in [0.1, 0.15) is 0 Å². The van der Waals surface area contributed by atoms with Gasteiger partial charge in [-0.3, -0.25) is 9.59 Å². The lowest BCUT2D eigenvalue weighted by molar-refractivity contribution is -0.142. The fourth-order valence-corrected chi connectivity index (χ4v) is 2.38. The number of hydrogen-bond acceptors (Lipinski definition) is 4. The van der Waals surface area contributed by atoms with Gasteiger partial charge in [0.2, 0.25) is 0 Å². The second-order valence-electron chi connectivity index (χ2n) is 4.98. The zero-order valence-electron chi connectivity index (χ0n) is 13.1. The predicted molar refractivity (Wildman–Crippen MR) is 83.2 cm³/mol. The molecule has 0 atom stereocenters. The second kappa shape index (κ2) is 7.68. The summed E-state index contributed by atoms with van der Waals surface area (Å²) in [5.41, 5.74) is 0.518. The van der Waals surface area contributed by atoms with E-state index in [1.165, 1.54) is 0 Å². The van der Waals surface area contributed by atoms with Gasteiger partial charge >= 0.3 is 11.8 Å². The molecule has 1 aromatic carbocycles. The quantitative estimate of drug-likeness (QED) is 0.845. The van der Waals surface area contributed by atoms with Crippen molar-refractivity contribution in [3.8, 4) is 11.5 Å². The average molecular weight is 306 g/mol. The molecule has 1 aliphatic rings. The van der Waals surface area contributed by atoms with Crippen LogP contribution >= 0.6 is 0 Å². The van der Waals surface area contributed by atoms with Gasteiger partial charge in [-0.2, -0.15) is 0 Å². The lowest BCUT2D eigenvalue weighted by Gasteiger charge is -2.16. The molecule has 6 nitrogen and oxygen atoms in total. The number of likely N-dealkylation sites (tertiary alicyclic amines) is 1. The van der Waals surface area contributed by atoms with Crippen LogP contribution in [-0.4, -0.2) is 43.0 Å². The van der Waals surface area contributed by atoms with Gasteiger partial charge in [-0.25, -0.2) is 0 Å². The van der Waals surface area contributed by atoms with E-state index in [9.17, 15) is 9.59 Å². The van der Waals surface area contributed by atoms with Gasteiger partial charge in [-0.05, 0) is 38.8 Å². The van der Waals surface area contributed by atoms with Gasteiger partial charge in [0.25, 0.3) is 0 Å². The fourth-order valence-electron chi connectivity index (χ4n) is 2.38. The Morgan fingerprint density at radius 2 is 1.73 bits per heavy atom. The summed E-state index contributed by atoms with van der Waals surface area (Å²) in [5, 5.41) is 2.62. The van der Waals surface area contributed by atoms with Crippen LogP contribution in [0.1, 0.15) is 26.7 Å². The summed E-state index contributed by atoms with van der Waals surface area (Å²) in [6, 6.07) is 5.09. The summed E-state index contributed by atoms with van der Waals surface area (Å²) in [4.78, 5) is 25.6. The number of rotatable bonds is 5. The lowest BCUT2D eigenvalue weighted by atomic mass is 10.2. The van der Waals surface area contributed by atoms with Crippen molar-refractivity contribution in [1.82, 2.24) is 4.90 Å². The normalized spacial score (nSPS) is 13.8. The van der Waals surface area contributed by atoms with E-state index in [2.05, 4.69) is 5.32 Å². The van der Waals surface area contributed by atoms with Crippen molar-refractivity contribution in [3.63, 3.8) is 0 Å². The highest BCUT2D eigenvalue weighted by Gasteiger charge is 2.24. The fraction of sp³-hybridized carbons (Fsp3) is 0.500. The largest absolute Gasteiger partial charge is 0.490 e. The molecular formula is C16H22N2O4. The number of carbonyl (C=O) groups excluding carboxylic acids is 2. The molecule has 1 heterocycles. The molecule has 0 saturated carbocycles. The van der Waals surface area contributed by atoms with Crippen molar-refractivity contribution in [3.05, 3.63) is 18.2 Å². The number of anilines is 1. The predicted octanol–water partition coefficient (Wildman–Crippen LogP) is 2.04. The highest BCUT2D eigenvalue weighted by molar-refractivity contribution is 6.39. The molecule has 120 valence electrons. The number of amides is 2. The Morgan fingerprint density at radius 1 is 1.09 bits per heavy atom. The summed E-state index contributed by atoms with van der Waals surface area (Å²) in [6.07, 6.45) is 1.91. The molecule has 1 aromatic rings. The van der Waals surface area contributed by atoms with E-state index in [1.54, 1.807) is 23.1 Å². The Balaban J connectivity index is 2.06. The SMILES string of the molecule is CCOc1ccc(NC(=O)C(=O)N2CCCC2)cc1OCC. The molecule has 0 unspecified atom stereocenters. The smallest absolute Gasteiger partial charge is 0.313 e. The second-order valence-corrected chi connectivity index (χ2v) is 4.98. The molecule has 2 amide bonds. The molecule has 0 aromatic heterocycles. The minimum Gasteiger partial charge on any atom is -0.490 e. The Morgan fingerprint density at radius 3 is 2.36 bits per heavy atom. The third-order valence-electron chi connectivity index (χ3n) is 3.39. The summed E-state index contributed by atoms with van der Waals surface area (Å²) >= 11 is 0. The number of hydrogen-bond donors (Lipinski definition) is 1. The van der Waals surface area contributed by atoms with Gasteiger partial charge in [0, 0.05) is 24.8 Å². The molecule has 0 spiro atoms. The molecular weight excluding hydrogens is 284 g/mol. The van der Waals surface area contributed by atoms with E-state index in [0.717, 1.165) is 12.8 Å². The number of ether oxygens (including phenoxy) is 2. The van der Waals surface area contributed by atoms with Crippen molar-refractivity contribution in [2.24, 2.45) is 0 Å². The number of nitrogens with one attached hydrogen (secondary N) is 1. The molecule has 22 heavy (non-hydrogen) atoms. The standard InChI is InChI=1S/C16H22N2O4/c1-3-21-13-8-7-12(11-14(13)22-4-2)17-15(19)16(20)18-9-5-6-10-18/h7-8,11H,3-6,9-10H2,1-2H3,(H,17,19). The molecule has 2 rings (SSSR count). The lowest BCUT2D eigenvalue weighted by Crippen LogP contribution is -2.37. The van der Waals surface area contributed by atoms with E-state index < -0.39 is 11.8 Å². The third kappa shape index (κ3) is 3.90. The molecule has 0 bridgehead atoms. The van der Waals surface area contributed by atoms with Gasteiger partial charge in [0.15, 0.2) is 11.5 Å². The Kier molecular flexibility index (Phi) is 5.63. The summed E-state index contributed by atoms with van der Waals surface area (Å²) in [6.45, 7) is 6.08. The van der Waals surface area contributed by atoms with E-state index in [-0.39, 0.29) is 0 Å². The van der Waals surface area contributed by atoms with Gasteiger partial charge in [-0.1, -0.05) is 0 Å². The Hall–Kier alpha value is -2.24. The van der Waals surface area contributed by atoms with Crippen LogP contribution in [0.4, 0.5) is 5.69 Å². The molecule has 1 saturated heterocycles. The van der Waals surface area contributed by atoms with Crippen LogP contribution in [0.3, 0.4) is 0 Å². The maximum Gasteiger partial charge on any atom is 0.313 e. The minimum absolute atomic E-state index is 0.482. The first-order valence-electron chi connectivity index (χ1n) is 7.65. The first-order chi connectivity index (χ1) is 10.7. The van der Waals surface area contributed by atoms with Crippen LogP contribution in [0, 0.1) is 0 Å². The number of benzene rings is 1. The monoisotopic (exact) mass is 306 g/mol. The van der Waals surface area contributed by atoms with Crippen molar-refractivity contribution in [2.75, 3.05) is 31.6 Å². The van der Waals surface area contributed by atoms with Crippen molar-refractivity contribution < 1.29 is 19.1 Å². The van der Waals surface area contributed by atoms with Gasteiger partial charge in [0.05, 0.1) is 13.2 Å². The molecule has 0 aliphatic carbocycles. The average Bonchev–Trinajstić information content (AvgIpc) is 3.03. The van der Waals surface area contributed by atoms with E-state index in [0.29, 0.717) is 43.5 Å². The Bertz CT molecular complexity index is 539. The highest BCUT2D eigenvalue weighted by atomic mass is 16.5. The van der Waals surface area contributed by atoms with Crippen LogP contribution < -0.4 is 14.8 Å². The van der Waals surface area contributed by atoms with Crippen LogP contribution in [0.2, 0.25) is 0 Å². The summed E-state index contributed by atoms with van der Waals surface area (Å²) < 4.78 is 11.0. The molecule has 1 aliphatic heterocycles. The summed E-state index contributed by atoms with van der Waals surface area (Å²) in [5.74, 6) is 0.0712. The van der Waals surface area contributed by atoms with Crippen LogP contribution in [0.15, 0.2) is 18.2 Å². The summed E-state index contributed by atoms with van der Waals surface area (Å²) in [7, 11) is 0. The zero-order chi connectivity index (χ0) is 15.9. The topological polar surface area (TPSA) is 67.9 Å². The van der Waals surface area contributed by atoms with Crippen molar-refractivity contribution in [2.45, 2.75) is 26.7 Å². The van der Waals surface area contributed by atoms with Gasteiger partial charge < -0.3 is 19.7 Å². The molecule has 1 N–H and O–H groups in total. The van der Waals surface area contributed by atoms with Crippen molar-refractivity contribution >= 4 is 17.5 Å². The maximum absolute atomic E-state index is 12.0. The number of carbonyl (C=O) groups is 2. The Labute approximate surface area is 130 Å². The van der Waals surface area contributed by atoms with Gasteiger partial charge in [-0.15, -0.1) is 0 Å². The molecule has 1 fully saturated rings. The zero-order valence-corrected chi connectivity index (χ0v) is 13.1. The third-order valence-corrected chi connectivity index (χ3v) is 3.39. The molecule has 0 radical (unpaired) electrons. The maximum atomic E-state index is 12.0. The molecule has 6 heteroatoms. The first kappa shape index (κ1) is 16.1. The van der Waals surface area contributed by atoms with E-state index in [1.807, 2.05) is 13.8 Å². The van der Waals surface area contributed by atoms with Crippen LogP contribution in [0.25, 0.3) is 0 Å². The highest BCUT2D eigenvalue weighted by Crippen LogP contribution is 2.30. The van der Waals surface area contributed by atoms with Crippen LogP contribution in [-0.2, 0) is 9.59 Å².